The summed E-state index contributed by atoms with van der Waals surface area (Å²) in [5, 5.41) is 0.684. The minimum absolute atomic E-state index is 0.128. The molecule has 0 aromatic heterocycles. The van der Waals surface area contributed by atoms with E-state index in [9.17, 15) is 4.79 Å². The third-order valence-electron chi connectivity index (χ3n) is 2.19. The second kappa shape index (κ2) is 7.42. The molecule has 0 fully saturated rings. The second-order valence-corrected chi connectivity index (χ2v) is 5.13. The van der Waals surface area contributed by atoms with Gasteiger partial charge < -0.3 is 5.73 Å². The number of hydrogen-bond acceptors (Lipinski definition) is 4. The number of carbonyl (C=O) groups excluding carboxylic acids is 1. The standard InChI is InChI=1S/C11H16ClN3OS/c12-8-4-5-9(13)10(7-8)17-6-2-1-3-11(16)15-14/h4-5,7H,1-3,6,13-14H2,(H,15,16). The van der Waals surface area contributed by atoms with Gasteiger partial charge in [-0.15, -0.1) is 11.8 Å². The quantitative estimate of drug-likeness (QED) is 0.185. The van der Waals surface area contributed by atoms with Crippen LogP contribution in [-0.2, 0) is 4.79 Å². The van der Waals surface area contributed by atoms with Crippen molar-refractivity contribution in [3.05, 3.63) is 23.2 Å². The molecule has 0 bridgehead atoms. The lowest BCUT2D eigenvalue weighted by atomic mass is 10.2. The van der Waals surface area contributed by atoms with E-state index < -0.39 is 0 Å². The van der Waals surface area contributed by atoms with Gasteiger partial charge in [0.25, 0.3) is 0 Å². The number of halogens is 1. The van der Waals surface area contributed by atoms with Crippen molar-refractivity contribution < 1.29 is 4.79 Å². The Balaban J connectivity index is 2.26. The van der Waals surface area contributed by atoms with Crippen molar-refractivity contribution >= 4 is 35.0 Å². The first-order valence-electron chi connectivity index (χ1n) is 5.30. The van der Waals surface area contributed by atoms with Crippen LogP contribution in [0.3, 0.4) is 0 Å². The molecule has 1 amide bonds. The maximum absolute atomic E-state index is 10.9. The number of nitrogen functional groups attached to an aromatic ring is 1. The molecule has 0 heterocycles. The highest BCUT2D eigenvalue weighted by Gasteiger charge is 2.02. The monoisotopic (exact) mass is 273 g/mol. The van der Waals surface area contributed by atoms with E-state index in [4.69, 9.17) is 23.2 Å². The fourth-order valence-electron chi connectivity index (χ4n) is 1.28. The van der Waals surface area contributed by atoms with Crippen LogP contribution in [0.4, 0.5) is 5.69 Å². The fraction of sp³-hybridized carbons (Fsp3) is 0.364. The molecule has 17 heavy (non-hydrogen) atoms. The van der Waals surface area contributed by atoms with Crippen LogP contribution in [0, 0.1) is 0 Å². The van der Waals surface area contributed by atoms with Crippen LogP contribution >= 0.6 is 23.4 Å². The molecule has 0 spiro atoms. The number of amides is 1. The number of carbonyl (C=O) groups is 1. The highest BCUT2D eigenvalue weighted by molar-refractivity contribution is 7.99. The predicted molar refractivity (Wildman–Crippen MR) is 72.8 cm³/mol. The van der Waals surface area contributed by atoms with Crippen LogP contribution in [0.15, 0.2) is 23.1 Å². The lowest BCUT2D eigenvalue weighted by molar-refractivity contribution is -0.121. The van der Waals surface area contributed by atoms with E-state index in [1.807, 2.05) is 6.07 Å². The van der Waals surface area contributed by atoms with Crippen LogP contribution < -0.4 is 17.0 Å². The highest BCUT2D eigenvalue weighted by Crippen LogP contribution is 2.28. The van der Waals surface area contributed by atoms with Crippen molar-refractivity contribution in [1.29, 1.82) is 0 Å². The number of thioether (sulfide) groups is 1. The van der Waals surface area contributed by atoms with E-state index >= 15 is 0 Å². The Morgan fingerprint density at radius 3 is 2.88 bits per heavy atom. The van der Waals surface area contributed by atoms with Gasteiger partial charge in [0, 0.05) is 22.0 Å². The van der Waals surface area contributed by atoms with Crippen LogP contribution in [0.1, 0.15) is 19.3 Å². The van der Waals surface area contributed by atoms with E-state index in [2.05, 4.69) is 5.43 Å². The zero-order chi connectivity index (χ0) is 12.7. The highest BCUT2D eigenvalue weighted by atomic mass is 35.5. The van der Waals surface area contributed by atoms with Crippen molar-refractivity contribution in [3.63, 3.8) is 0 Å². The number of nitrogens with two attached hydrogens (primary N) is 2. The van der Waals surface area contributed by atoms with Gasteiger partial charge in [-0.25, -0.2) is 5.84 Å². The molecule has 4 nitrogen and oxygen atoms in total. The number of nitrogens with one attached hydrogen (secondary N) is 1. The minimum atomic E-state index is -0.128. The topological polar surface area (TPSA) is 81.1 Å². The molecule has 0 aliphatic heterocycles. The Bertz CT molecular complexity index is 387. The molecule has 1 rings (SSSR count). The number of anilines is 1. The van der Waals surface area contributed by atoms with Crippen molar-refractivity contribution in [2.45, 2.75) is 24.2 Å². The van der Waals surface area contributed by atoms with Gasteiger partial charge in [0.1, 0.15) is 0 Å². The third kappa shape index (κ3) is 5.30. The van der Waals surface area contributed by atoms with Gasteiger partial charge in [-0.05, 0) is 36.8 Å². The van der Waals surface area contributed by atoms with Gasteiger partial charge in [0.2, 0.25) is 5.91 Å². The molecule has 1 aromatic rings. The number of benzene rings is 1. The van der Waals surface area contributed by atoms with Crippen LogP contribution in [0.25, 0.3) is 0 Å². The largest absolute Gasteiger partial charge is 0.398 e. The van der Waals surface area contributed by atoms with Crippen LogP contribution in [0.5, 0.6) is 0 Å². The predicted octanol–water partition coefficient (Wildman–Crippen LogP) is 2.17. The smallest absolute Gasteiger partial charge is 0.233 e. The SMILES string of the molecule is NNC(=O)CCCCSc1cc(Cl)ccc1N. The summed E-state index contributed by atoms with van der Waals surface area (Å²) in [4.78, 5) is 11.9. The number of unbranched alkanes of at least 4 members (excludes halogenated alkanes) is 1. The Labute approximate surface area is 110 Å². The number of hydrogen-bond donors (Lipinski definition) is 3. The van der Waals surface area contributed by atoms with E-state index in [1.54, 1.807) is 23.9 Å². The maximum Gasteiger partial charge on any atom is 0.233 e. The van der Waals surface area contributed by atoms with Crippen molar-refractivity contribution in [2.24, 2.45) is 5.84 Å². The first-order chi connectivity index (χ1) is 8.13. The average molecular weight is 274 g/mol. The number of rotatable bonds is 6. The average Bonchev–Trinajstić information content (AvgIpc) is 2.32. The molecular formula is C11H16ClN3OS. The lowest BCUT2D eigenvalue weighted by Gasteiger charge is -2.05. The maximum atomic E-state index is 10.9. The summed E-state index contributed by atoms with van der Waals surface area (Å²) in [6.07, 6.45) is 2.21. The molecule has 0 aliphatic rings. The van der Waals surface area contributed by atoms with Gasteiger partial charge in [0.15, 0.2) is 0 Å². The van der Waals surface area contributed by atoms with Gasteiger partial charge in [0.05, 0.1) is 0 Å². The Morgan fingerprint density at radius 1 is 1.41 bits per heavy atom. The molecule has 0 saturated carbocycles. The van der Waals surface area contributed by atoms with Crippen LogP contribution in [-0.4, -0.2) is 11.7 Å². The minimum Gasteiger partial charge on any atom is -0.398 e. The molecule has 5 N–H and O–H groups in total. The summed E-state index contributed by atoms with van der Waals surface area (Å²) in [7, 11) is 0. The van der Waals surface area contributed by atoms with Crippen LogP contribution in [0.2, 0.25) is 5.02 Å². The summed E-state index contributed by atoms with van der Waals surface area (Å²) >= 11 is 7.53. The van der Waals surface area contributed by atoms with Gasteiger partial charge in [-0.3, -0.25) is 10.2 Å². The summed E-state index contributed by atoms with van der Waals surface area (Å²) in [6.45, 7) is 0. The summed E-state index contributed by atoms with van der Waals surface area (Å²) in [5.74, 6) is 5.76. The first-order valence-corrected chi connectivity index (χ1v) is 6.67. The summed E-state index contributed by atoms with van der Waals surface area (Å²) in [5.41, 5.74) is 8.66. The van der Waals surface area contributed by atoms with Crippen molar-refractivity contribution in [2.75, 3.05) is 11.5 Å². The third-order valence-corrected chi connectivity index (χ3v) is 3.58. The first kappa shape index (κ1) is 14.2. The lowest BCUT2D eigenvalue weighted by Crippen LogP contribution is -2.29. The molecule has 0 saturated heterocycles. The molecule has 0 aliphatic carbocycles. The zero-order valence-corrected chi connectivity index (χ0v) is 11.0. The van der Waals surface area contributed by atoms with Gasteiger partial charge in [-0.2, -0.15) is 0 Å². The van der Waals surface area contributed by atoms with Crippen molar-refractivity contribution in [1.82, 2.24) is 5.43 Å². The van der Waals surface area contributed by atoms with E-state index in [1.165, 1.54) is 0 Å². The Hall–Kier alpha value is -0.910. The second-order valence-electron chi connectivity index (χ2n) is 3.56. The van der Waals surface area contributed by atoms with Gasteiger partial charge in [-0.1, -0.05) is 11.6 Å². The van der Waals surface area contributed by atoms with E-state index in [0.29, 0.717) is 11.4 Å². The Morgan fingerprint density at radius 2 is 2.18 bits per heavy atom. The zero-order valence-electron chi connectivity index (χ0n) is 9.41. The van der Waals surface area contributed by atoms with E-state index in [-0.39, 0.29) is 5.91 Å². The molecular weight excluding hydrogens is 258 g/mol. The summed E-state index contributed by atoms with van der Waals surface area (Å²) < 4.78 is 0. The van der Waals surface area contributed by atoms with Gasteiger partial charge >= 0.3 is 0 Å². The molecule has 6 heteroatoms. The normalized spacial score (nSPS) is 10.2. The van der Waals surface area contributed by atoms with E-state index in [0.717, 1.165) is 29.2 Å². The molecule has 0 atom stereocenters. The fourth-order valence-corrected chi connectivity index (χ4v) is 2.53. The molecule has 94 valence electrons. The molecule has 0 radical (unpaired) electrons. The summed E-state index contributed by atoms with van der Waals surface area (Å²) in [6, 6.07) is 5.42. The Kier molecular flexibility index (Phi) is 6.18. The molecule has 1 aromatic carbocycles. The van der Waals surface area contributed by atoms with Crippen molar-refractivity contribution in [3.8, 4) is 0 Å². The number of hydrazine groups is 1. The molecule has 0 unspecified atom stereocenters.